The van der Waals surface area contributed by atoms with Gasteiger partial charge in [0.2, 0.25) is 5.91 Å². The first-order valence-corrected chi connectivity index (χ1v) is 7.12. The Morgan fingerprint density at radius 3 is 2.63 bits per heavy atom. The highest BCUT2D eigenvalue weighted by molar-refractivity contribution is 7.11. The fourth-order valence-electron chi connectivity index (χ4n) is 1.83. The summed E-state index contributed by atoms with van der Waals surface area (Å²) in [5.41, 5.74) is 3.28. The Kier molecular flexibility index (Phi) is 4.32. The monoisotopic (exact) mass is 274 g/mol. The number of carbonyl (C=O) groups excluding carboxylic acids is 1. The number of benzene rings is 1. The van der Waals surface area contributed by atoms with Crippen molar-refractivity contribution in [2.24, 2.45) is 0 Å². The number of carbonyl (C=O) groups is 1. The van der Waals surface area contributed by atoms with E-state index in [4.69, 9.17) is 0 Å². The molecule has 19 heavy (non-hydrogen) atoms. The Balaban J connectivity index is 1.90. The van der Waals surface area contributed by atoms with Crippen LogP contribution in [0, 0.1) is 20.8 Å². The van der Waals surface area contributed by atoms with Crippen molar-refractivity contribution in [3.05, 3.63) is 51.0 Å². The van der Waals surface area contributed by atoms with Gasteiger partial charge in [0.1, 0.15) is 5.01 Å². The third-order valence-electron chi connectivity index (χ3n) is 3.12. The average Bonchev–Trinajstić information content (AvgIpc) is 2.69. The van der Waals surface area contributed by atoms with Crippen LogP contribution in [-0.2, 0) is 17.8 Å². The number of nitrogens with one attached hydrogen (secondary N) is 1. The van der Waals surface area contributed by atoms with Crippen molar-refractivity contribution in [1.29, 1.82) is 0 Å². The standard InChI is InChI=1S/C15H18N2OS/c1-10-6-4-5-7-13(10)8-14(18)16-9-15-17-11(2)12(3)19-15/h4-7H,8-9H2,1-3H3,(H,16,18). The molecule has 0 aliphatic heterocycles. The fourth-order valence-corrected chi connectivity index (χ4v) is 2.71. The Morgan fingerprint density at radius 2 is 2.00 bits per heavy atom. The number of amides is 1. The van der Waals surface area contributed by atoms with Crippen LogP contribution in [0.2, 0.25) is 0 Å². The average molecular weight is 274 g/mol. The van der Waals surface area contributed by atoms with Crippen LogP contribution in [0.5, 0.6) is 0 Å². The maximum atomic E-state index is 11.9. The van der Waals surface area contributed by atoms with Gasteiger partial charge in [-0.25, -0.2) is 4.98 Å². The quantitative estimate of drug-likeness (QED) is 0.931. The van der Waals surface area contributed by atoms with Crippen LogP contribution in [0.25, 0.3) is 0 Å². The molecule has 0 radical (unpaired) electrons. The summed E-state index contributed by atoms with van der Waals surface area (Å²) in [5, 5.41) is 3.89. The summed E-state index contributed by atoms with van der Waals surface area (Å²) in [7, 11) is 0. The van der Waals surface area contributed by atoms with Crippen molar-refractivity contribution < 1.29 is 4.79 Å². The Labute approximate surface area is 117 Å². The molecule has 0 unspecified atom stereocenters. The van der Waals surface area contributed by atoms with Crippen LogP contribution >= 0.6 is 11.3 Å². The van der Waals surface area contributed by atoms with Crippen LogP contribution in [-0.4, -0.2) is 10.9 Å². The zero-order valence-corrected chi connectivity index (χ0v) is 12.3. The normalized spacial score (nSPS) is 10.5. The SMILES string of the molecule is Cc1ccccc1CC(=O)NCc1nc(C)c(C)s1. The second-order valence-corrected chi connectivity index (χ2v) is 5.92. The summed E-state index contributed by atoms with van der Waals surface area (Å²) >= 11 is 1.64. The van der Waals surface area contributed by atoms with Gasteiger partial charge in [0.15, 0.2) is 0 Å². The molecule has 0 atom stereocenters. The maximum absolute atomic E-state index is 11.9. The number of hydrogen-bond acceptors (Lipinski definition) is 3. The molecular weight excluding hydrogens is 256 g/mol. The molecule has 0 aliphatic rings. The van der Waals surface area contributed by atoms with Crippen LogP contribution < -0.4 is 5.32 Å². The van der Waals surface area contributed by atoms with Gasteiger partial charge in [0.25, 0.3) is 0 Å². The summed E-state index contributed by atoms with van der Waals surface area (Å²) in [6.45, 7) is 6.58. The highest BCUT2D eigenvalue weighted by atomic mass is 32.1. The second-order valence-electron chi connectivity index (χ2n) is 4.63. The molecule has 1 amide bonds. The topological polar surface area (TPSA) is 42.0 Å². The molecule has 0 aliphatic carbocycles. The molecule has 2 rings (SSSR count). The van der Waals surface area contributed by atoms with E-state index in [1.54, 1.807) is 11.3 Å². The molecular formula is C15H18N2OS. The number of rotatable bonds is 4. The molecule has 0 spiro atoms. The van der Waals surface area contributed by atoms with E-state index in [1.807, 2.05) is 45.0 Å². The molecule has 1 aromatic carbocycles. The summed E-state index contributed by atoms with van der Waals surface area (Å²) in [5.74, 6) is 0.0415. The van der Waals surface area contributed by atoms with E-state index in [1.165, 1.54) is 4.88 Å². The molecule has 3 nitrogen and oxygen atoms in total. The Morgan fingerprint density at radius 1 is 1.26 bits per heavy atom. The van der Waals surface area contributed by atoms with Gasteiger partial charge in [0, 0.05) is 4.88 Å². The first-order chi connectivity index (χ1) is 9.06. The molecule has 4 heteroatoms. The van der Waals surface area contributed by atoms with Gasteiger partial charge in [-0.1, -0.05) is 24.3 Å². The molecule has 1 N–H and O–H groups in total. The van der Waals surface area contributed by atoms with E-state index in [0.29, 0.717) is 13.0 Å². The minimum absolute atomic E-state index is 0.0415. The second kappa shape index (κ2) is 5.97. The Bertz CT molecular complexity index is 570. The van der Waals surface area contributed by atoms with Crippen LogP contribution in [0.3, 0.4) is 0 Å². The minimum atomic E-state index is 0.0415. The van der Waals surface area contributed by atoms with Gasteiger partial charge < -0.3 is 5.32 Å². The number of thiazole rings is 1. The van der Waals surface area contributed by atoms with Gasteiger partial charge in [-0.15, -0.1) is 11.3 Å². The fraction of sp³-hybridized carbons (Fsp3) is 0.333. The van der Waals surface area contributed by atoms with Gasteiger partial charge in [-0.2, -0.15) is 0 Å². The van der Waals surface area contributed by atoms with Crippen molar-refractivity contribution in [2.75, 3.05) is 0 Å². The maximum Gasteiger partial charge on any atom is 0.224 e. The molecule has 1 aromatic heterocycles. The molecule has 1 heterocycles. The van der Waals surface area contributed by atoms with Crippen molar-refractivity contribution >= 4 is 17.2 Å². The van der Waals surface area contributed by atoms with E-state index >= 15 is 0 Å². The zero-order chi connectivity index (χ0) is 13.8. The third-order valence-corrected chi connectivity index (χ3v) is 4.19. The smallest absolute Gasteiger partial charge is 0.224 e. The van der Waals surface area contributed by atoms with E-state index in [9.17, 15) is 4.79 Å². The molecule has 0 saturated carbocycles. The van der Waals surface area contributed by atoms with E-state index in [2.05, 4.69) is 10.3 Å². The number of aryl methyl sites for hydroxylation is 3. The van der Waals surface area contributed by atoms with Gasteiger partial charge in [-0.3, -0.25) is 4.79 Å². The molecule has 0 saturated heterocycles. The lowest BCUT2D eigenvalue weighted by Gasteiger charge is -2.05. The van der Waals surface area contributed by atoms with E-state index < -0.39 is 0 Å². The minimum Gasteiger partial charge on any atom is -0.349 e. The van der Waals surface area contributed by atoms with Crippen molar-refractivity contribution in [3.8, 4) is 0 Å². The Hall–Kier alpha value is -1.68. The van der Waals surface area contributed by atoms with Crippen LogP contribution in [0.4, 0.5) is 0 Å². The van der Waals surface area contributed by atoms with Gasteiger partial charge in [0.05, 0.1) is 18.7 Å². The first-order valence-electron chi connectivity index (χ1n) is 6.30. The lowest BCUT2D eigenvalue weighted by molar-refractivity contribution is -0.120. The van der Waals surface area contributed by atoms with Crippen LogP contribution in [0.15, 0.2) is 24.3 Å². The number of nitrogens with zero attached hydrogens (tertiary/aromatic N) is 1. The summed E-state index contributed by atoms with van der Waals surface area (Å²) in [4.78, 5) is 17.5. The first kappa shape index (κ1) is 13.7. The van der Waals surface area contributed by atoms with Gasteiger partial charge in [-0.05, 0) is 31.9 Å². The molecule has 0 fully saturated rings. The summed E-state index contributed by atoms with van der Waals surface area (Å²) in [6.07, 6.45) is 0.427. The van der Waals surface area contributed by atoms with Crippen molar-refractivity contribution in [2.45, 2.75) is 33.7 Å². The predicted molar refractivity (Wildman–Crippen MR) is 78.3 cm³/mol. The lowest BCUT2D eigenvalue weighted by Crippen LogP contribution is -2.24. The third kappa shape index (κ3) is 3.64. The molecule has 0 bridgehead atoms. The lowest BCUT2D eigenvalue weighted by atomic mass is 10.1. The summed E-state index contributed by atoms with van der Waals surface area (Å²) < 4.78 is 0. The predicted octanol–water partition coefficient (Wildman–Crippen LogP) is 2.93. The van der Waals surface area contributed by atoms with E-state index in [0.717, 1.165) is 21.8 Å². The van der Waals surface area contributed by atoms with Crippen molar-refractivity contribution in [1.82, 2.24) is 10.3 Å². The molecule has 100 valence electrons. The van der Waals surface area contributed by atoms with E-state index in [-0.39, 0.29) is 5.91 Å². The highest BCUT2D eigenvalue weighted by Crippen LogP contribution is 2.16. The summed E-state index contributed by atoms with van der Waals surface area (Å²) in [6, 6.07) is 7.96. The van der Waals surface area contributed by atoms with Crippen LogP contribution in [0.1, 0.15) is 26.7 Å². The largest absolute Gasteiger partial charge is 0.349 e. The van der Waals surface area contributed by atoms with Crippen molar-refractivity contribution in [3.63, 3.8) is 0 Å². The van der Waals surface area contributed by atoms with Gasteiger partial charge >= 0.3 is 0 Å². The number of aromatic nitrogens is 1. The zero-order valence-electron chi connectivity index (χ0n) is 11.5. The molecule has 2 aromatic rings. The highest BCUT2D eigenvalue weighted by Gasteiger charge is 2.07. The number of hydrogen-bond donors (Lipinski definition) is 1.